The van der Waals surface area contributed by atoms with Gasteiger partial charge in [-0.15, -0.1) is 10.2 Å². The molecule has 0 fully saturated rings. The number of ether oxygens (including phenoxy) is 1. The van der Waals surface area contributed by atoms with Gasteiger partial charge in [0.2, 0.25) is 0 Å². The highest BCUT2D eigenvalue weighted by Crippen LogP contribution is 2.31. The Hall–Kier alpha value is -2.22. The van der Waals surface area contributed by atoms with Gasteiger partial charge in [-0.1, -0.05) is 23.7 Å². The molecule has 2 aromatic rings. The third-order valence-electron chi connectivity index (χ3n) is 2.77. The molecule has 5 nitrogen and oxygen atoms in total. The van der Waals surface area contributed by atoms with Crippen molar-refractivity contribution in [1.29, 1.82) is 0 Å². The van der Waals surface area contributed by atoms with E-state index in [0.717, 1.165) is 12.1 Å². The SMILES string of the molecule is CCOC(=O)Cc1nnc(-c2cccc(C(F)(F)F)c2)nc1Cl. The summed E-state index contributed by atoms with van der Waals surface area (Å²) in [5.41, 5.74) is -0.608. The molecule has 122 valence electrons. The van der Waals surface area contributed by atoms with Crippen LogP contribution in [0.4, 0.5) is 13.2 Å². The number of carbonyl (C=O) groups is 1. The van der Waals surface area contributed by atoms with E-state index in [1.54, 1.807) is 6.92 Å². The normalized spacial score (nSPS) is 11.3. The molecule has 0 spiro atoms. The average Bonchev–Trinajstić information content (AvgIpc) is 2.49. The second-order valence-electron chi connectivity index (χ2n) is 4.43. The monoisotopic (exact) mass is 345 g/mol. The van der Waals surface area contributed by atoms with Gasteiger partial charge in [-0.05, 0) is 19.1 Å². The molecule has 0 unspecified atom stereocenters. The first-order chi connectivity index (χ1) is 10.8. The Morgan fingerprint density at radius 2 is 2.04 bits per heavy atom. The smallest absolute Gasteiger partial charge is 0.416 e. The van der Waals surface area contributed by atoms with Gasteiger partial charge >= 0.3 is 12.1 Å². The third kappa shape index (κ3) is 4.38. The molecule has 2 rings (SSSR count). The molecule has 1 heterocycles. The lowest BCUT2D eigenvalue weighted by Crippen LogP contribution is -2.11. The first-order valence-electron chi connectivity index (χ1n) is 6.53. The van der Waals surface area contributed by atoms with Crippen LogP contribution in [0.25, 0.3) is 11.4 Å². The first-order valence-corrected chi connectivity index (χ1v) is 6.91. The van der Waals surface area contributed by atoms with Crippen LogP contribution >= 0.6 is 11.6 Å². The fourth-order valence-corrected chi connectivity index (χ4v) is 1.93. The number of carbonyl (C=O) groups excluding carboxylic acids is 1. The summed E-state index contributed by atoms with van der Waals surface area (Å²) in [5, 5.41) is 7.36. The number of esters is 1. The Labute approximate surface area is 134 Å². The number of hydrogen-bond acceptors (Lipinski definition) is 5. The van der Waals surface area contributed by atoms with Crippen molar-refractivity contribution in [2.45, 2.75) is 19.5 Å². The summed E-state index contributed by atoms with van der Waals surface area (Å²) in [6, 6.07) is 4.49. The maximum Gasteiger partial charge on any atom is 0.416 e. The van der Waals surface area contributed by atoms with Crippen molar-refractivity contribution in [1.82, 2.24) is 15.2 Å². The predicted molar refractivity (Wildman–Crippen MR) is 75.6 cm³/mol. The number of alkyl halides is 3. The molecule has 0 aliphatic carbocycles. The van der Waals surface area contributed by atoms with E-state index in [9.17, 15) is 18.0 Å². The molecule has 0 saturated carbocycles. The lowest BCUT2D eigenvalue weighted by atomic mass is 10.1. The van der Waals surface area contributed by atoms with E-state index >= 15 is 0 Å². The molecular weight excluding hydrogens is 335 g/mol. The Kier molecular flexibility index (Phi) is 5.15. The van der Waals surface area contributed by atoms with Gasteiger partial charge in [0.15, 0.2) is 11.0 Å². The van der Waals surface area contributed by atoms with Crippen molar-refractivity contribution in [3.8, 4) is 11.4 Å². The summed E-state index contributed by atoms with van der Waals surface area (Å²) < 4.78 is 42.9. The minimum Gasteiger partial charge on any atom is -0.466 e. The van der Waals surface area contributed by atoms with Gasteiger partial charge in [-0.25, -0.2) is 4.98 Å². The van der Waals surface area contributed by atoms with Crippen LogP contribution in [0.3, 0.4) is 0 Å². The van der Waals surface area contributed by atoms with Crippen molar-refractivity contribution in [3.63, 3.8) is 0 Å². The molecule has 1 aromatic heterocycles. The summed E-state index contributed by atoms with van der Waals surface area (Å²) in [6.45, 7) is 1.86. The molecule has 0 aliphatic heterocycles. The summed E-state index contributed by atoms with van der Waals surface area (Å²) in [4.78, 5) is 15.3. The molecule has 0 saturated heterocycles. The molecule has 0 atom stereocenters. The number of hydrogen-bond donors (Lipinski definition) is 0. The molecule has 0 aliphatic rings. The third-order valence-corrected chi connectivity index (χ3v) is 3.08. The van der Waals surface area contributed by atoms with Crippen molar-refractivity contribution >= 4 is 17.6 Å². The molecule has 23 heavy (non-hydrogen) atoms. The fraction of sp³-hybridized carbons (Fsp3) is 0.286. The van der Waals surface area contributed by atoms with Crippen LogP contribution in [-0.4, -0.2) is 27.8 Å². The van der Waals surface area contributed by atoms with Crippen LogP contribution in [0, 0.1) is 0 Å². The van der Waals surface area contributed by atoms with Crippen molar-refractivity contribution < 1.29 is 22.7 Å². The molecule has 0 bridgehead atoms. The lowest BCUT2D eigenvalue weighted by Gasteiger charge is -2.08. The van der Waals surface area contributed by atoms with E-state index in [1.165, 1.54) is 12.1 Å². The maximum atomic E-state index is 12.7. The Balaban J connectivity index is 2.28. The van der Waals surface area contributed by atoms with Crippen LogP contribution < -0.4 is 0 Å². The summed E-state index contributed by atoms with van der Waals surface area (Å²) in [7, 11) is 0. The highest BCUT2D eigenvalue weighted by atomic mass is 35.5. The number of aromatic nitrogens is 3. The van der Waals surface area contributed by atoms with Gasteiger partial charge in [-0.2, -0.15) is 13.2 Å². The highest BCUT2D eigenvalue weighted by molar-refractivity contribution is 6.30. The van der Waals surface area contributed by atoms with Gasteiger partial charge in [0.1, 0.15) is 5.69 Å². The van der Waals surface area contributed by atoms with Crippen LogP contribution in [0.1, 0.15) is 18.2 Å². The first kappa shape index (κ1) is 17.1. The van der Waals surface area contributed by atoms with E-state index in [4.69, 9.17) is 16.3 Å². The molecule has 0 N–H and O–H groups in total. The second kappa shape index (κ2) is 6.91. The van der Waals surface area contributed by atoms with Crippen molar-refractivity contribution in [2.24, 2.45) is 0 Å². The van der Waals surface area contributed by atoms with Gasteiger partial charge in [0.05, 0.1) is 18.6 Å². The van der Waals surface area contributed by atoms with Crippen molar-refractivity contribution in [2.75, 3.05) is 6.61 Å². The van der Waals surface area contributed by atoms with Crippen LogP contribution in [0.2, 0.25) is 5.15 Å². The number of rotatable bonds is 4. The fourth-order valence-electron chi connectivity index (χ4n) is 1.74. The zero-order valence-electron chi connectivity index (χ0n) is 11.9. The summed E-state index contributed by atoms with van der Waals surface area (Å²) in [5.74, 6) is -0.606. The molecular formula is C14H11ClF3N3O2. The maximum absolute atomic E-state index is 12.7. The lowest BCUT2D eigenvalue weighted by molar-refractivity contribution is -0.142. The van der Waals surface area contributed by atoms with E-state index in [1.807, 2.05) is 0 Å². The van der Waals surface area contributed by atoms with E-state index in [2.05, 4.69) is 15.2 Å². The van der Waals surface area contributed by atoms with Gasteiger partial charge in [-0.3, -0.25) is 4.79 Å². The average molecular weight is 346 g/mol. The van der Waals surface area contributed by atoms with E-state index in [-0.39, 0.29) is 35.3 Å². The second-order valence-corrected chi connectivity index (χ2v) is 4.79. The Morgan fingerprint density at radius 1 is 1.30 bits per heavy atom. The largest absolute Gasteiger partial charge is 0.466 e. The predicted octanol–water partition coefficient (Wildman–Crippen LogP) is 3.32. The van der Waals surface area contributed by atoms with Gasteiger partial charge in [0.25, 0.3) is 0 Å². The number of benzene rings is 1. The summed E-state index contributed by atoms with van der Waals surface area (Å²) >= 11 is 5.91. The zero-order chi connectivity index (χ0) is 17.0. The number of halogens is 4. The zero-order valence-corrected chi connectivity index (χ0v) is 12.6. The van der Waals surface area contributed by atoms with E-state index in [0.29, 0.717) is 0 Å². The molecule has 9 heteroatoms. The standard InChI is InChI=1S/C14H11ClF3N3O2/c1-2-23-11(22)7-10-12(15)19-13(21-20-10)8-4-3-5-9(6-8)14(16,17)18/h3-6H,2,7H2,1H3. The van der Waals surface area contributed by atoms with Crippen LogP contribution in [0.15, 0.2) is 24.3 Å². The minimum absolute atomic E-state index is 0.0614. The van der Waals surface area contributed by atoms with Crippen LogP contribution in [-0.2, 0) is 22.1 Å². The quantitative estimate of drug-likeness (QED) is 0.795. The van der Waals surface area contributed by atoms with Crippen LogP contribution in [0.5, 0.6) is 0 Å². The van der Waals surface area contributed by atoms with Gasteiger partial charge in [0, 0.05) is 5.56 Å². The highest BCUT2D eigenvalue weighted by Gasteiger charge is 2.30. The Bertz CT molecular complexity index is 723. The number of nitrogens with zero attached hydrogens (tertiary/aromatic N) is 3. The Morgan fingerprint density at radius 3 is 2.65 bits per heavy atom. The molecule has 0 amide bonds. The van der Waals surface area contributed by atoms with E-state index < -0.39 is 17.7 Å². The topological polar surface area (TPSA) is 65.0 Å². The molecule has 1 aromatic carbocycles. The van der Waals surface area contributed by atoms with Crippen molar-refractivity contribution in [3.05, 3.63) is 40.7 Å². The summed E-state index contributed by atoms with van der Waals surface area (Å²) in [6.07, 6.45) is -4.69. The molecule has 0 radical (unpaired) electrons. The minimum atomic E-state index is -4.48. The van der Waals surface area contributed by atoms with Gasteiger partial charge < -0.3 is 4.74 Å².